The summed E-state index contributed by atoms with van der Waals surface area (Å²) in [7, 11) is 1.71. The number of amides is 1. The van der Waals surface area contributed by atoms with E-state index in [1.807, 2.05) is 17.5 Å². The second kappa shape index (κ2) is 7.47. The number of benzene rings is 1. The fourth-order valence-corrected chi connectivity index (χ4v) is 2.73. The lowest BCUT2D eigenvalue weighted by molar-refractivity contribution is -0.122. The van der Waals surface area contributed by atoms with Gasteiger partial charge in [0.1, 0.15) is 11.6 Å². The van der Waals surface area contributed by atoms with Crippen molar-refractivity contribution in [1.29, 1.82) is 0 Å². The molecule has 1 amide bonds. The van der Waals surface area contributed by atoms with E-state index in [-0.39, 0.29) is 18.0 Å². The summed E-state index contributed by atoms with van der Waals surface area (Å²) in [6.45, 7) is 2.33. The van der Waals surface area contributed by atoms with E-state index in [2.05, 4.69) is 5.32 Å². The van der Waals surface area contributed by atoms with Crippen LogP contribution in [-0.2, 0) is 11.3 Å². The Morgan fingerprint density at radius 1 is 1.36 bits per heavy atom. The number of likely N-dealkylation sites (N-methyl/N-ethyl adjacent to an activating group) is 1. The third-order valence-corrected chi connectivity index (χ3v) is 4.38. The molecule has 0 saturated carbocycles. The molecule has 22 heavy (non-hydrogen) atoms. The van der Waals surface area contributed by atoms with Crippen LogP contribution < -0.4 is 5.32 Å². The summed E-state index contributed by atoms with van der Waals surface area (Å²) in [5, 5.41) is 4.76. The topological polar surface area (TPSA) is 32.3 Å². The van der Waals surface area contributed by atoms with Crippen LogP contribution in [0.2, 0.25) is 0 Å². The molecule has 0 spiro atoms. The molecule has 118 valence electrons. The molecule has 0 aliphatic carbocycles. The van der Waals surface area contributed by atoms with Crippen molar-refractivity contribution in [2.45, 2.75) is 19.5 Å². The summed E-state index contributed by atoms with van der Waals surface area (Å²) < 4.78 is 27.0. The highest BCUT2D eigenvalue weighted by molar-refractivity contribution is 7.09. The Morgan fingerprint density at radius 3 is 2.82 bits per heavy atom. The molecule has 1 atom stereocenters. The lowest BCUT2D eigenvalue weighted by atomic mass is 10.1. The zero-order chi connectivity index (χ0) is 16.1. The molecule has 1 unspecified atom stereocenters. The smallest absolute Gasteiger partial charge is 0.234 e. The summed E-state index contributed by atoms with van der Waals surface area (Å²) in [5.41, 5.74) is 0.244. The number of hydrogen-bond acceptors (Lipinski definition) is 3. The van der Waals surface area contributed by atoms with Crippen molar-refractivity contribution in [1.82, 2.24) is 10.2 Å². The van der Waals surface area contributed by atoms with Crippen LogP contribution in [-0.4, -0.2) is 24.4 Å². The molecule has 1 heterocycles. The molecule has 0 radical (unpaired) electrons. The molecule has 0 aliphatic rings. The average Bonchev–Trinajstić information content (AvgIpc) is 3.00. The Hall–Kier alpha value is -1.79. The first-order chi connectivity index (χ1) is 10.5. The van der Waals surface area contributed by atoms with Gasteiger partial charge < -0.3 is 5.32 Å². The first-order valence-corrected chi connectivity index (χ1v) is 7.79. The van der Waals surface area contributed by atoms with E-state index in [4.69, 9.17) is 0 Å². The Balaban J connectivity index is 1.91. The van der Waals surface area contributed by atoms with Gasteiger partial charge in [0.25, 0.3) is 0 Å². The van der Waals surface area contributed by atoms with Gasteiger partial charge in [-0.1, -0.05) is 6.07 Å². The minimum Gasteiger partial charge on any atom is -0.350 e. The summed E-state index contributed by atoms with van der Waals surface area (Å²) >= 11 is 1.57. The molecule has 0 saturated heterocycles. The van der Waals surface area contributed by atoms with Gasteiger partial charge in [-0.3, -0.25) is 9.69 Å². The Labute approximate surface area is 132 Å². The van der Waals surface area contributed by atoms with Gasteiger partial charge >= 0.3 is 0 Å². The minimum absolute atomic E-state index is 0.114. The molecule has 2 rings (SSSR count). The predicted molar refractivity (Wildman–Crippen MR) is 83.6 cm³/mol. The highest BCUT2D eigenvalue weighted by Gasteiger charge is 2.18. The molecule has 6 heteroatoms. The number of rotatable bonds is 6. The van der Waals surface area contributed by atoms with E-state index in [9.17, 15) is 13.6 Å². The fourth-order valence-electron chi connectivity index (χ4n) is 2.09. The van der Waals surface area contributed by atoms with Crippen LogP contribution in [0.3, 0.4) is 0 Å². The fraction of sp³-hybridized carbons (Fsp3) is 0.312. The van der Waals surface area contributed by atoms with E-state index >= 15 is 0 Å². The number of thiophene rings is 1. The highest BCUT2D eigenvalue weighted by Crippen LogP contribution is 2.22. The third-order valence-electron chi connectivity index (χ3n) is 3.50. The van der Waals surface area contributed by atoms with Crippen LogP contribution in [0.1, 0.15) is 23.4 Å². The van der Waals surface area contributed by atoms with Gasteiger partial charge in [-0.15, -0.1) is 11.3 Å². The van der Waals surface area contributed by atoms with Gasteiger partial charge in [0, 0.05) is 16.5 Å². The lowest BCUT2D eigenvalue weighted by Gasteiger charge is -2.24. The molecular weight excluding hydrogens is 306 g/mol. The van der Waals surface area contributed by atoms with Gasteiger partial charge in [0.05, 0.1) is 13.1 Å². The van der Waals surface area contributed by atoms with E-state index in [1.165, 1.54) is 6.07 Å². The lowest BCUT2D eigenvalue weighted by Crippen LogP contribution is -2.36. The summed E-state index contributed by atoms with van der Waals surface area (Å²) in [6.07, 6.45) is 0. The average molecular weight is 324 g/mol. The maximum Gasteiger partial charge on any atom is 0.234 e. The van der Waals surface area contributed by atoms with Gasteiger partial charge in [-0.25, -0.2) is 8.78 Å². The normalized spacial score (nSPS) is 12.4. The number of nitrogens with zero attached hydrogens (tertiary/aromatic N) is 1. The van der Waals surface area contributed by atoms with Gasteiger partial charge in [-0.05, 0) is 43.6 Å². The molecule has 0 fully saturated rings. The first-order valence-electron chi connectivity index (χ1n) is 6.91. The largest absolute Gasteiger partial charge is 0.350 e. The maximum atomic E-state index is 13.8. The Morgan fingerprint density at radius 2 is 2.14 bits per heavy atom. The minimum atomic E-state index is -0.487. The quantitative estimate of drug-likeness (QED) is 0.884. The van der Waals surface area contributed by atoms with Crippen molar-refractivity contribution in [2.24, 2.45) is 0 Å². The maximum absolute atomic E-state index is 13.8. The van der Waals surface area contributed by atoms with Crippen molar-refractivity contribution < 1.29 is 13.6 Å². The summed E-state index contributed by atoms with van der Waals surface area (Å²) in [5.74, 6) is -1.11. The molecule has 2 aromatic rings. The zero-order valence-corrected chi connectivity index (χ0v) is 13.3. The standard InChI is InChI=1S/C16H18F2N2OS/c1-11(14-8-12(17)5-6-15(14)18)20(2)10-16(21)19-9-13-4-3-7-22-13/h3-8,11H,9-10H2,1-2H3,(H,19,21). The zero-order valence-electron chi connectivity index (χ0n) is 12.5. The van der Waals surface area contributed by atoms with Crippen LogP contribution in [0.15, 0.2) is 35.7 Å². The highest BCUT2D eigenvalue weighted by atomic mass is 32.1. The SMILES string of the molecule is CC(c1cc(F)ccc1F)N(C)CC(=O)NCc1cccs1. The second-order valence-corrected chi connectivity index (χ2v) is 6.15. The number of hydrogen-bond donors (Lipinski definition) is 1. The van der Waals surface area contributed by atoms with Crippen LogP contribution in [0.25, 0.3) is 0 Å². The number of carbonyl (C=O) groups excluding carboxylic acids is 1. The van der Waals surface area contributed by atoms with Crippen LogP contribution in [0.4, 0.5) is 8.78 Å². The van der Waals surface area contributed by atoms with E-state index in [0.29, 0.717) is 6.54 Å². The molecule has 0 aliphatic heterocycles. The molecule has 1 aromatic heterocycles. The Bertz CT molecular complexity index is 631. The van der Waals surface area contributed by atoms with Gasteiger partial charge in [0.15, 0.2) is 0 Å². The molecule has 0 bridgehead atoms. The van der Waals surface area contributed by atoms with Crippen molar-refractivity contribution in [3.05, 3.63) is 57.8 Å². The molecule has 1 aromatic carbocycles. The number of halogens is 2. The van der Waals surface area contributed by atoms with Gasteiger partial charge in [-0.2, -0.15) is 0 Å². The monoisotopic (exact) mass is 324 g/mol. The van der Waals surface area contributed by atoms with E-state index in [0.717, 1.165) is 17.0 Å². The van der Waals surface area contributed by atoms with Crippen molar-refractivity contribution in [3.63, 3.8) is 0 Å². The van der Waals surface area contributed by atoms with Crippen LogP contribution in [0, 0.1) is 11.6 Å². The van der Waals surface area contributed by atoms with Crippen molar-refractivity contribution in [2.75, 3.05) is 13.6 Å². The predicted octanol–water partition coefficient (Wildman–Crippen LogP) is 3.34. The number of nitrogens with one attached hydrogen (secondary N) is 1. The van der Waals surface area contributed by atoms with Crippen molar-refractivity contribution >= 4 is 17.2 Å². The molecule has 1 N–H and O–H groups in total. The summed E-state index contributed by atoms with van der Waals surface area (Å²) in [4.78, 5) is 14.7. The third kappa shape index (κ3) is 4.35. The Kier molecular flexibility index (Phi) is 5.63. The molecule has 3 nitrogen and oxygen atoms in total. The van der Waals surface area contributed by atoms with E-state index in [1.54, 1.807) is 30.2 Å². The van der Waals surface area contributed by atoms with Crippen LogP contribution >= 0.6 is 11.3 Å². The van der Waals surface area contributed by atoms with E-state index < -0.39 is 17.7 Å². The van der Waals surface area contributed by atoms with Gasteiger partial charge in [0.2, 0.25) is 5.91 Å². The number of carbonyl (C=O) groups is 1. The van der Waals surface area contributed by atoms with Crippen molar-refractivity contribution in [3.8, 4) is 0 Å². The van der Waals surface area contributed by atoms with Crippen LogP contribution in [0.5, 0.6) is 0 Å². The molecular formula is C16H18F2N2OS. The summed E-state index contributed by atoms with van der Waals surface area (Å²) in [6, 6.07) is 6.82. The second-order valence-electron chi connectivity index (χ2n) is 5.11. The first kappa shape index (κ1) is 16.6.